The van der Waals surface area contributed by atoms with Crippen molar-refractivity contribution in [2.75, 3.05) is 34.4 Å². The fourth-order valence-corrected chi connectivity index (χ4v) is 3.63. The number of hydrogen-bond donors (Lipinski definition) is 0. The molecule has 3 rings (SSSR count). The summed E-state index contributed by atoms with van der Waals surface area (Å²) in [4.78, 5) is 15.1. The molecule has 1 aliphatic heterocycles. The molecule has 27 heavy (non-hydrogen) atoms. The van der Waals surface area contributed by atoms with E-state index in [2.05, 4.69) is 12.1 Å². The number of benzene rings is 2. The van der Waals surface area contributed by atoms with Gasteiger partial charge < -0.3 is 19.1 Å². The standard InChI is InChI=1S/C22H27NO4/c1-25-19-10-7-16(8-11-19)18-6-4-5-13-23(15-18)22(24)17-9-12-20(26-2)21(14-17)27-3/h7-12,14,18H,4-6,13,15H2,1-3H3. The number of carbonyl (C=O) groups is 1. The Morgan fingerprint density at radius 1 is 0.926 bits per heavy atom. The normalized spacial score (nSPS) is 17.1. The molecular weight excluding hydrogens is 342 g/mol. The Morgan fingerprint density at radius 2 is 1.67 bits per heavy atom. The summed E-state index contributed by atoms with van der Waals surface area (Å²) in [6, 6.07) is 13.5. The summed E-state index contributed by atoms with van der Waals surface area (Å²) in [5, 5.41) is 0. The van der Waals surface area contributed by atoms with Crippen LogP contribution in [0.3, 0.4) is 0 Å². The predicted octanol–water partition coefficient (Wildman–Crippen LogP) is 4.12. The van der Waals surface area contributed by atoms with E-state index in [4.69, 9.17) is 14.2 Å². The van der Waals surface area contributed by atoms with Crippen molar-refractivity contribution in [2.24, 2.45) is 0 Å². The molecule has 1 amide bonds. The third kappa shape index (κ3) is 4.35. The summed E-state index contributed by atoms with van der Waals surface area (Å²) in [5.74, 6) is 2.43. The Balaban J connectivity index is 1.79. The maximum absolute atomic E-state index is 13.1. The van der Waals surface area contributed by atoms with Crippen LogP contribution >= 0.6 is 0 Å². The average Bonchev–Trinajstić information content (AvgIpc) is 2.99. The van der Waals surface area contributed by atoms with E-state index in [1.54, 1.807) is 39.5 Å². The quantitative estimate of drug-likeness (QED) is 0.795. The molecule has 1 heterocycles. The van der Waals surface area contributed by atoms with Crippen LogP contribution in [0.15, 0.2) is 42.5 Å². The minimum absolute atomic E-state index is 0.0383. The zero-order chi connectivity index (χ0) is 19.2. The number of likely N-dealkylation sites (tertiary alicyclic amines) is 1. The summed E-state index contributed by atoms with van der Waals surface area (Å²) in [6.07, 6.45) is 3.22. The molecule has 0 aromatic heterocycles. The molecule has 1 atom stereocenters. The van der Waals surface area contributed by atoms with Crippen LogP contribution in [0.5, 0.6) is 17.2 Å². The number of methoxy groups -OCH3 is 3. The first kappa shape index (κ1) is 19.1. The molecule has 2 aromatic rings. The molecule has 1 fully saturated rings. The van der Waals surface area contributed by atoms with Gasteiger partial charge in [-0.3, -0.25) is 4.79 Å². The maximum atomic E-state index is 13.1. The highest BCUT2D eigenvalue weighted by molar-refractivity contribution is 5.95. The Morgan fingerprint density at radius 3 is 2.33 bits per heavy atom. The van der Waals surface area contributed by atoms with Crippen molar-refractivity contribution in [3.8, 4) is 17.2 Å². The monoisotopic (exact) mass is 369 g/mol. The predicted molar refractivity (Wildman–Crippen MR) is 105 cm³/mol. The van der Waals surface area contributed by atoms with E-state index < -0.39 is 0 Å². The maximum Gasteiger partial charge on any atom is 0.254 e. The van der Waals surface area contributed by atoms with Gasteiger partial charge in [0.05, 0.1) is 21.3 Å². The lowest BCUT2D eigenvalue weighted by atomic mass is 9.94. The van der Waals surface area contributed by atoms with Crippen LogP contribution in [0.25, 0.3) is 0 Å². The van der Waals surface area contributed by atoms with Gasteiger partial charge >= 0.3 is 0 Å². The Bertz CT molecular complexity index is 772. The van der Waals surface area contributed by atoms with Crippen molar-refractivity contribution in [1.82, 2.24) is 4.90 Å². The van der Waals surface area contributed by atoms with Crippen LogP contribution in [0.2, 0.25) is 0 Å². The molecule has 144 valence electrons. The number of carbonyl (C=O) groups excluding carboxylic acids is 1. The number of hydrogen-bond acceptors (Lipinski definition) is 4. The van der Waals surface area contributed by atoms with Crippen LogP contribution in [-0.4, -0.2) is 45.2 Å². The lowest BCUT2D eigenvalue weighted by Gasteiger charge is -2.25. The third-order valence-corrected chi connectivity index (χ3v) is 5.18. The molecular formula is C22H27NO4. The summed E-state index contributed by atoms with van der Waals surface area (Å²) >= 11 is 0. The first-order chi connectivity index (χ1) is 13.2. The van der Waals surface area contributed by atoms with Gasteiger partial charge in [-0.15, -0.1) is 0 Å². The second-order valence-electron chi connectivity index (χ2n) is 6.79. The van der Waals surface area contributed by atoms with Crippen LogP contribution in [0.4, 0.5) is 0 Å². The van der Waals surface area contributed by atoms with E-state index in [9.17, 15) is 4.79 Å². The lowest BCUT2D eigenvalue weighted by molar-refractivity contribution is 0.0754. The first-order valence-electron chi connectivity index (χ1n) is 9.31. The molecule has 0 saturated carbocycles. The summed E-state index contributed by atoms with van der Waals surface area (Å²) in [7, 11) is 4.84. The molecule has 1 saturated heterocycles. The highest BCUT2D eigenvalue weighted by atomic mass is 16.5. The van der Waals surface area contributed by atoms with Crippen molar-refractivity contribution in [1.29, 1.82) is 0 Å². The SMILES string of the molecule is COc1ccc(C2CCCCN(C(=O)c3ccc(OC)c(OC)c3)C2)cc1. The molecule has 0 bridgehead atoms. The largest absolute Gasteiger partial charge is 0.497 e. The van der Waals surface area contributed by atoms with Crippen molar-refractivity contribution in [3.05, 3.63) is 53.6 Å². The molecule has 2 aromatic carbocycles. The van der Waals surface area contributed by atoms with E-state index >= 15 is 0 Å². The molecule has 0 N–H and O–H groups in total. The van der Waals surface area contributed by atoms with Crippen molar-refractivity contribution < 1.29 is 19.0 Å². The molecule has 5 nitrogen and oxygen atoms in total. The summed E-state index contributed by atoms with van der Waals surface area (Å²) in [6.45, 7) is 1.50. The van der Waals surface area contributed by atoms with Crippen LogP contribution < -0.4 is 14.2 Å². The highest BCUT2D eigenvalue weighted by Gasteiger charge is 2.24. The fraction of sp³-hybridized carbons (Fsp3) is 0.409. The van der Waals surface area contributed by atoms with Crippen LogP contribution in [0, 0.1) is 0 Å². The average molecular weight is 369 g/mol. The van der Waals surface area contributed by atoms with E-state index in [0.717, 1.165) is 38.1 Å². The Hall–Kier alpha value is -2.69. The number of amides is 1. The Labute approximate surface area is 160 Å². The number of ether oxygens (including phenoxy) is 3. The zero-order valence-corrected chi connectivity index (χ0v) is 16.2. The smallest absolute Gasteiger partial charge is 0.254 e. The van der Waals surface area contributed by atoms with E-state index in [0.29, 0.717) is 23.0 Å². The number of nitrogens with zero attached hydrogens (tertiary/aromatic N) is 1. The minimum atomic E-state index is 0.0383. The van der Waals surface area contributed by atoms with Crippen LogP contribution in [0.1, 0.15) is 41.1 Å². The molecule has 1 unspecified atom stereocenters. The molecule has 0 spiro atoms. The zero-order valence-electron chi connectivity index (χ0n) is 16.2. The van der Waals surface area contributed by atoms with Gasteiger partial charge in [0.2, 0.25) is 0 Å². The second kappa shape index (κ2) is 8.80. The van der Waals surface area contributed by atoms with Gasteiger partial charge in [-0.05, 0) is 48.7 Å². The highest BCUT2D eigenvalue weighted by Crippen LogP contribution is 2.31. The van der Waals surface area contributed by atoms with Gasteiger partial charge in [0.15, 0.2) is 11.5 Å². The summed E-state index contributed by atoms with van der Waals surface area (Å²) < 4.78 is 15.9. The second-order valence-corrected chi connectivity index (χ2v) is 6.79. The molecule has 0 radical (unpaired) electrons. The molecule has 0 aliphatic carbocycles. The topological polar surface area (TPSA) is 48.0 Å². The van der Waals surface area contributed by atoms with Gasteiger partial charge in [-0.1, -0.05) is 18.6 Å². The lowest BCUT2D eigenvalue weighted by Crippen LogP contribution is -2.34. The fourth-order valence-electron chi connectivity index (χ4n) is 3.63. The van der Waals surface area contributed by atoms with Gasteiger partial charge in [-0.25, -0.2) is 0 Å². The van der Waals surface area contributed by atoms with Crippen molar-refractivity contribution in [3.63, 3.8) is 0 Å². The summed E-state index contributed by atoms with van der Waals surface area (Å²) in [5.41, 5.74) is 1.88. The van der Waals surface area contributed by atoms with E-state index in [1.807, 2.05) is 17.0 Å². The first-order valence-corrected chi connectivity index (χ1v) is 9.31. The number of rotatable bonds is 5. The third-order valence-electron chi connectivity index (χ3n) is 5.18. The van der Waals surface area contributed by atoms with E-state index in [1.165, 1.54) is 5.56 Å². The van der Waals surface area contributed by atoms with Gasteiger partial charge in [0.1, 0.15) is 5.75 Å². The van der Waals surface area contributed by atoms with Crippen molar-refractivity contribution >= 4 is 5.91 Å². The van der Waals surface area contributed by atoms with Gasteiger partial charge in [0.25, 0.3) is 5.91 Å². The molecule has 1 aliphatic rings. The minimum Gasteiger partial charge on any atom is -0.497 e. The Kier molecular flexibility index (Phi) is 6.22. The van der Waals surface area contributed by atoms with Crippen LogP contribution in [-0.2, 0) is 0 Å². The van der Waals surface area contributed by atoms with Gasteiger partial charge in [0, 0.05) is 24.6 Å². The van der Waals surface area contributed by atoms with Crippen molar-refractivity contribution in [2.45, 2.75) is 25.2 Å². The van der Waals surface area contributed by atoms with E-state index in [-0.39, 0.29) is 5.91 Å². The molecule has 5 heteroatoms. The van der Waals surface area contributed by atoms with Gasteiger partial charge in [-0.2, -0.15) is 0 Å².